The predicted molar refractivity (Wildman–Crippen MR) is 151 cm³/mol. The molecule has 12 heteroatoms. The van der Waals surface area contributed by atoms with Gasteiger partial charge in [-0.25, -0.2) is 9.67 Å². The van der Waals surface area contributed by atoms with Crippen LogP contribution in [0.5, 0.6) is 0 Å². The van der Waals surface area contributed by atoms with Crippen LogP contribution in [0.4, 0.5) is 5.69 Å². The number of benzene rings is 1. The van der Waals surface area contributed by atoms with Crippen molar-refractivity contribution in [3.8, 4) is 5.82 Å². The van der Waals surface area contributed by atoms with Crippen LogP contribution in [0.15, 0.2) is 66.4 Å². The Morgan fingerprint density at radius 2 is 1.95 bits per heavy atom. The maximum atomic E-state index is 13.6. The van der Waals surface area contributed by atoms with Crippen molar-refractivity contribution < 1.29 is 9.59 Å². The molecule has 40 heavy (non-hydrogen) atoms. The van der Waals surface area contributed by atoms with E-state index in [4.69, 9.17) is 17.3 Å². The highest BCUT2D eigenvalue weighted by Crippen LogP contribution is 2.25. The summed E-state index contributed by atoms with van der Waals surface area (Å²) in [5.74, 6) is -0.444. The fourth-order valence-corrected chi connectivity index (χ4v) is 4.52. The van der Waals surface area contributed by atoms with Crippen LogP contribution in [0.3, 0.4) is 0 Å². The number of tetrazole rings is 1. The minimum absolute atomic E-state index is 0.132. The number of primary amides is 1. The van der Waals surface area contributed by atoms with Gasteiger partial charge < -0.3 is 11.1 Å². The van der Waals surface area contributed by atoms with Crippen molar-refractivity contribution in [2.75, 3.05) is 5.32 Å². The third kappa shape index (κ3) is 5.59. The number of allylic oxidation sites excluding steroid dienone is 6. The number of nitrogens with one attached hydrogen (secondary N) is 1. The van der Waals surface area contributed by atoms with Gasteiger partial charge in [-0.1, -0.05) is 47.5 Å². The number of nitrogens with zero attached hydrogens (tertiary/aromatic N) is 7. The number of rotatable bonds is 7. The number of nitrogens with two attached hydrogens (primary N) is 1. The molecule has 0 radical (unpaired) electrons. The van der Waals surface area contributed by atoms with Gasteiger partial charge in [-0.15, -0.1) is 10.2 Å². The van der Waals surface area contributed by atoms with Gasteiger partial charge in [0, 0.05) is 11.8 Å². The molecule has 0 saturated heterocycles. The van der Waals surface area contributed by atoms with Gasteiger partial charge in [0.1, 0.15) is 12.2 Å². The highest BCUT2D eigenvalue weighted by Gasteiger charge is 2.23. The summed E-state index contributed by atoms with van der Waals surface area (Å²) >= 11 is 6.41. The Morgan fingerprint density at radius 1 is 1.12 bits per heavy atom. The smallest absolute Gasteiger partial charge is 0.274 e. The molecule has 4 aromatic rings. The monoisotopic (exact) mass is 555 g/mol. The third-order valence-electron chi connectivity index (χ3n) is 6.22. The molecule has 3 aromatic heterocycles. The van der Waals surface area contributed by atoms with Crippen molar-refractivity contribution in [1.29, 1.82) is 0 Å². The number of halogens is 1. The van der Waals surface area contributed by atoms with Gasteiger partial charge in [-0.3, -0.25) is 9.59 Å². The lowest BCUT2D eigenvalue weighted by Crippen LogP contribution is -2.22. The Hall–Kier alpha value is -4.90. The molecule has 0 unspecified atom stereocenters. The molecule has 2 amide bonds. The second-order valence-corrected chi connectivity index (χ2v) is 9.86. The van der Waals surface area contributed by atoms with Crippen LogP contribution < -0.4 is 11.1 Å². The predicted octanol–water partition coefficient (Wildman–Crippen LogP) is 4.21. The Balaban J connectivity index is 1.50. The van der Waals surface area contributed by atoms with E-state index in [0.717, 1.165) is 17.6 Å². The molecule has 0 fully saturated rings. The van der Waals surface area contributed by atoms with Crippen molar-refractivity contribution >= 4 is 34.7 Å². The summed E-state index contributed by atoms with van der Waals surface area (Å²) in [6.07, 6.45) is 10.4. The first kappa shape index (κ1) is 26.7. The number of pyridine rings is 1. The molecule has 1 aromatic carbocycles. The number of hydrogen-bond donors (Lipinski definition) is 2. The largest absolute Gasteiger partial charge is 0.366 e. The summed E-state index contributed by atoms with van der Waals surface area (Å²) in [5.41, 5.74) is 10.3. The summed E-state index contributed by atoms with van der Waals surface area (Å²) < 4.78 is 1.35. The van der Waals surface area contributed by atoms with Crippen molar-refractivity contribution in [2.45, 2.75) is 33.7 Å². The fraction of sp³-hybridized carbons (Fsp3) is 0.179. The van der Waals surface area contributed by atoms with Gasteiger partial charge >= 0.3 is 0 Å². The van der Waals surface area contributed by atoms with E-state index in [1.165, 1.54) is 15.1 Å². The normalized spacial score (nSPS) is 13.0. The van der Waals surface area contributed by atoms with E-state index in [1.54, 1.807) is 37.4 Å². The molecule has 1 aliphatic rings. The quantitative estimate of drug-likeness (QED) is 0.347. The van der Waals surface area contributed by atoms with Gasteiger partial charge in [-0.2, -0.15) is 9.90 Å². The van der Waals surface area contributed by atoms with Crippen LogP contribution >= 0.6 is 11.6 Å². The van der Waals surface area contributed by atoms with Crippen molar-refractivity contribution in [3.05, 3.63) is 105 Å². The molecular formula is C28H26ClN9O2. The number of aromatic nitrogens is 7. The number of anilines is 1. The maximum absolute atomic E-state index is 13.6. The molecule has 202 valence electrons. The summed E-state index contributed by atoms with van der Waals surface area (Å²) in [4.78, 5) is 31.4. The van der Waals surface area contributed by atoms with E-state index in [9.17, 15) is 9.59 Å². The van der Waals surface area contributed by atoms with Crippen molar-refractivity contribution in [3.63, 3.8) is 0 Å². The molecule has 1 aliphatic carbocycles. The minimum Gasteiger partial charge on any atom is -0.366 e. The van der Waals surface area contributed by atoms with Crippen molar-refractivity contribution in [2.24, 2.45) is 5.73 Å². The Morgan fingerprint density at radius 3 is 2.73 bits per heavy atom. The lowest BCUT2D eigenvalue weighted by atomic mass is 10.0. The molecule has 5 rings (SSSR count). The Kier molecular flexibility index (Phi) is 7.39. The van der Waals surface area contributed by atoms with Crippen molar-refractivity contribution in [1.82, 2.24) is 35.0 Å². The van der Waals surface area contributed by atoms with Crippen LogP contribution in [0.2, 0.25) is 5.02 Å². The lowest BCUT2D eigenvalue weighted by molar-refractivity contribution is 0.100. The number of carbonyl (C=O) groups is 2. The second-order valence-electron chi connectivity index (χ2n) is 9.45. The van der Waals surface area contributed by atoms with Crippen LogP contribution in [-0.4, -0.2) is 46.8 Å². The molecule has 11 nitrogen and oxygen atoms in total. The van der Waals surface area contributed by atoms with E-state index >= 15 is 0 Å². The van der Waals surface area contributed by atoms with Gasteiger partial charge in [0.2, 0.25) is 5.82 Å². The van der Waals surface area contributed by atoms with Crippen LogP contribution in [-0.2, 0) is 6.54 Å². The minimum atomic E-state index is -0.651. The Bertz CT molecular complexity index is 1730. The third-order valence-corrected chi connectivity index (χ3v) is 6.51. The molecular weight excluding hydrogens is 530 g/mol. The molecule has 0 aliphatic heterocycles. The molecule has 3 heterocycles. The summed E-state index contributed by atoms with van der Waals surface area (Å²) in [7, 11) is 0. The van der Waals surface area contributed by atoms with Gasteiger partial charge in [0.15, 0.2) is 5.82 Å². The zero-order valence-corrected chi connectivity index (χ0v) is 22.8. The first-order valence-corrected chi connectivity index (χ1v) is 12.8. The fourth-order valence-electron chi connectivity index (χ4n) is 4.32. The average Bonchev–Trinajstić information content (AvgIpc) is 3.49. The summed E-state index contributed by atoms with van der Waals surface area (Å²) in [6, 6.07) is 8.40. The number of hydrogen-bond acceptors (Lipinski definition) is 7. The first-order valence-electron chi connectivity index (χ1n) is 12.4. The molecule has 0 bridgehead atoms. The van der Waals surface area contributed by atoms with Gasteiger partial charge in [0.25, 0.3) is 11.8 Å². The first-order chi connectivity index (χ1) is 19.2. The molecule has 0 atom stereocenters. The Labute approximate surface area is 235 Å². The highest BCUT2D eigenvalue weighted by molar-refractivity contribution is 6.32. The average molecular weight is 556 g/mol. The standard InChI is InChI=1S/C28H26ClN9O2/c1-16-6-4-7-19(10-9-16)26-33-36-37(35-26)15-20-14-23(38(34-20)27-22(29)8-5-11-31-27)28(40)32-24-18(3)12-17(2)13-21(24)25(30)39/h4-5,7-14H,6,15H2,1-3H3,(H2,30,39)(H,32,40). The number of amides is 2. The van der Waals surface area contributed by atoms with E-state index in [1.807, 2.05) is 37.3 Å². The SMILES string of the molecule is CC1=CC=C(c2nnn(Cc3cc(C(=O)Nc4c(C)cc(C)cc4C(N)=O)n(-c4ncccc4Cl)n3)n2)C=CC1. The molecule has 0 saturated carbocycles. The number of aryl methyl sites for hydroxylation is 2. The number of carbonyl (C=O) groups excluding carboxylic acids is 2. The lowest BCUT2D eigenvalue weighted by Gasteiger charge is -2.14. The van der Waals surface area contributed by atoms with E-state index in [0.29, 0.717) is 27.8 Å². The molecule has 0 spiro atoms. The second kappa shape index (κ2) is 11.1. The summed E-state index contributed by atoms with van der Waals surface area (Å²) in [6.45, 7) is 5.82. The molecule has 3 N–H and O–H groups in total. The van der Waals surface area contributed by atoms with Crippen LogP contribution in [0.25, 0.3) is 11.4 Å². The van der Waals surface area contributed by atoms with E-state index in [2.05, 4.69) is 37.7 Å². The van der Waals surface area contributed by atoms with E-state index < -0.39 is 11.8 Å². The van der Waals surface area contributed by atoms with Crippen LogP contribution in [0, 0.1) is 13.8 Å². The zero-order valence-electron chi connectivity index (χ0n) is 22.1. The topological polar surface area (TPSA) is 146 Å². The van der Waals surface area contributed by atoms with Crippen LogP contribution in [0.1, 0.15) is 56.8 Å². The van der Waals surface area contributed by atoms with Gasteiger partial charge in [0.05, 0.1) is 22.0 Å². The van der Waals surface area contributed by atoms with E-state index in [-0.39, 0.29) is 23.6 Å². The summed E-state index contributed by atoms with van der Waals surface area (Å²) in [5, 5.41) is 20.6. The highest BCUT2D eigenvalue weighted by atomic mass is 35.5. The van der Waals surface area contributed by atoms with Gasteiger partial charge in [-0.05, 0) is 67.8 Å². The maximum Gasteiger partial charge on any atom is 0.274 e. The zero-order chi connectivity index (χ0) is 28.4.